The summed E-state index contributed by atoms with van der Waals surface area (Å²) in [5, 5.41) is 13.9. The summed E-state index contributed by atoms with van der Waals surface area (Å²) in [4.78, 5) is 14.0. The van der Waals surface area contributed by atoms with Gasteiger partial charge in [0.25, 0.3) is 5.69 Å². The Bertz CT molecular complexity index is 436. The van der Waals surface area contributed by atoms with Crippen LogP contribution < -0.4 is 10.1 Å². The van der Waals surface area contributed by atoms with E-state index in [1.165, 1.54) is 25.1 Å². The molecule has 98 valence electrons. The topological polar surface area (TPSA) is 77.3 Å². The molecular weight excluding hydrogens is 302 g/mol. The number of nitro groups is 1. The summed E-state index contributed by atoms with van der Waals surface area (Å²) in [6, 6.07) is 1.74. The van der Waals surface area contributed by atoms with Crippen molar-refractivity contribution in [3.05, 3.63) is 26.9 Å². The van der Waals surface area contributed by atoms with Gasteiger partial charge in [-0.05, 0) is 35.3 Å². The van der Waals surface area contributed by atoms with E-state index in [4.69, 9.17) is 4.74 Å². The summed E-state index contributed by atoms with van der Waals surface area (Å²) in [7, 11) is 0. The number of ether oxygens (including phenoxy) is 1. The van der Waals surface area contributed by atoms with Crippen molar-refractivity contribution in [1.29, 1.82) is 0 Å². The third-order valence-electron chi connectivity index (χ3n) is 2.84. The molecule has 2 heterocycles. The predicted octanol–water partition coefficient (Wildman–Crippen LogP) is 2.27. The number of halogens is 1. The summed E-state index contributed by atoms with van der Waals surface area (Å²) in [5.74, 6) is 0.396. The van der Waals surface area contributed by atoms with E-state index in [1.54, 1.807) is 0 Å². The van der Waals surface area contributed by atoms with Crippen LogP contribution in [0.4, 0.5) is 5.69 Å². The molecule has 0 bridgehead atoms. The van der Waals surface area contributed by atoms with E-state index in [1.807, 2.05) is 0 Å². The Morgan fingerprint density at radius 3 is 3.06 bits per heavy atom. The highest BCUT2D eigenvalue weighted by atomic mass is 79.9. The lowest BCUT2D eigenvalue weighted by atomic mass is 10.1. The van der Waals surface area contributed by atoms with Crippen molar-refractivity contribution in [2.75, 3.05) is 13.2 Å². The molecule has 0 saturated carbocycles. The molecule has 1 aromatic rings. The van der Waals surface area contributed by atoms with Crippen LogP contribution in [0.3, 0.4) is 0 Å². The fourth-order valence-corrected chi connectivity index (χ4v) is 2.32. The largest absolute Gasteiger partial charge is 0.475 e. The van der Waals surface area contributed by atoms with E-state index in [9.17, 15) is 10.1 Å². The van der Waals surface area contributed by atoms with Crippen LogP contribution in [0.2, 0.25) is 0 Å². The average Bonchev–Trinajstić information content (AvgIpc) is 2.38. The van der Waals surface area contributed by atoms with Crippen LogP contribution in [0.1, 0.15) is 19.3 Å². The van der Waals surface area contributed by atoms with Crippen LogP contribution in [0, 0.1) is 10.1 Å². The van der Waals surface area contributed by atoms with Crippen molar-refractivity contribution in [1.82, 2.24) is 10.3 Å². The number of aromatic nitrogens is 1. The summed E-state index contributed by atoms with van der Waals surface area (Å²) < 4.78 is 6.07. The lowest BCUT2D eigenvalue weighted by Gasteiger charge is -2.23. The number of rotatable bonds is 4. The van der Waals surface area contributed by atoms with Gasteiger partial charge in [-0.1, -0.05) is 6.42 Å². The maximum Gasteiger partial charge on any atom is 0.288 e. The zero-order chi connectivity index (χ0) is 13.0. The number of nitrogens with one attached hydrogen (secondary N) is 1. The van der Waals surface area contributed by atoms with E-state index in [0.29, 0.717) is 23.0 Å². The van der Waals surface area contributed by atoms with Crippen molar-refractivity contribution in [3.8, 4) is 5.88 Å². The second kappa shape index (κ2) is 6.10. The number of pyridine rings is 1. The number of nitrogens with zero attached hydrogens (tertiary/aromatic N) is 2. The van der Waals surface area contributed by atoms with Crippen molar-refractivity contribution in [2.45, 2.75) is 25.3 Å². The van der Waals surface area contributed by atoms with Crippen LogP contribution in [0.5, 0.6) is 5.88 Å². The van der Waals surface area contributed by atoms with Gasteiger partial charge in [0, 0.05) is 12.1 Å². The Morgan fingerprint density at radius 1 is 1.61 bits per heavy atom. The Balaban J connectivity index is 1.94. The Hall–Kier alpha value is -1.21. The van der Waals surface area contributed by atoms with Gasteiger partial charge in [-0.15, -0.1) is 0 Å². The molecule has 1 aliphatic heterocycles. The quantitative estimate of drug-likeness (QED) is 0.681. The first-order valence-electron chi connectivity index (χ1n) is 5.83. The Kier molecular flexibility index (Phi) is 4.48. The zero-order valence-electron chi connectivity index (χ0n) is 9.76. The van der Waals surface area contributed by atoms with Crippen LogP contribution in [-0.2, 0) is 0 Å². The third-order valence-corrected chi connectivity index (χ3v) is 3.41. The molecule has 7 heteroatoms. The minimum atomic E-state index is -0.482. The fraction of sp³-hybridized carbons (Fsp3) is 0.545. The van der Waals surface area contributed by atoms with E-state index in [0.717, 1.165) is 13.0 Å². The van der Waals surface area contributed by atoms with Crippen LogP contribution in [-0.4, -0.2) is 29.1 Å². The number of hydrogen-bond donors (Lipinski definition) is 1. The molecule has 0 amide bonds. The maximum absolute atomic E-state index is 10.6. The molecule has 0 aliphatic carbocycles. The van der Waals surface area contributed by atoms with Gasteiger partial charge in [-0.25, -0.2) is 4.98 Å². The summed E-state index contributed by atoms with van der Waals surface area (Å²) in [5.41, 5.74) is -0.0509. The minimum Gasteiger partial charge on any atom is -0.475 e. The van der Waals surface area contributed by atoms with Gasteiger partial charge in [0.1, 0.15) is 12.8 Å². The lowest BCUT2D eigenvalue weighted by molar-refractivity contribution is -0.385. The molecule has 1 aliphatic rings. The molecule has 0 radical (unpaired) electrons. The van der Waals surface area contributed by atoms with Crippen molar-refractivity contribution < 1.29 is 9.66 Å². The number of hydrogen-bond acceptors (Lipinski definition) is 5. The molecule has 1 fully saturated rings. The molecule has 1 saturated heterocycles. The third kappa shape index (κ3) is 3.39. The van der Waals surface area contributed by atoms with Crippen LogP contribution in [0.25, 0.3) is 0 Å². The van der Waals surface area contributed by atoms with Crippen LogP contribution in [0.15, 0.2) is 16.7 Å². The van der Waals surface area contributed by atoms with E-state index in [-0.39, 0.29) is 5.69 Å². The fourth-order valence-electron chi connectivity index (χ4n) is 1.87. The summed E-state index contributed by atoms with van der Waals surface area (Å²) >= 11 is 3.23. The molecule has 2 rings (SSSR count). The van der Waals surface area contributed by atoms with Crippen molar-refractivity contribution in [3.63, 3.8) is 0 Å². The van der Waals surface area contributed by atoms with Crippen molar-refractivity contribution >= 4 is 21.6 Å². The molecule has 0 spiro atoms. The molecular formula is C11H14BrN3O3. The molecule has 6 nitrogen and oxygen atoms in total. The average molecular weight is 316 g/mol. The first-order valence-corrected chi connectivity index (χ1v) is 6.62. The summed E-state index contributed by atoms with van der Waals surface area (Å²) in [6.07, 6.45) is 4.70. The SMILES string of the molecule is O=[N+]([O-])c1cnc(OCC2CCCCN2)c(Br)c1. The Morgan fingerprint density at radius 2 is 2.44 bits per heavy atom. The van der Waals surface area contributed by atoms with Gasteiger partial charge in [0.2, 0.25) is 5.88 Å². The molecule has 1 atom stereocenters. The molecule has 1 unspecified atom stereocenters. The van der Waals surface area contributed by atoms with Gasteiger partial charge >= 0.3 is 0 Å². The highest BCUT2D eigenvalue weighted by Gasteiger charge is 2.15. The predicted molar refractivity (Wildman–Crippen MR) is 69.7 cm³/mol. The second-order valence-corrected chi connectivity index (χ2v) is 5.05. The van der Waals surface area contributed by atoms with Crippen LogP contribution >= 0.6 is 15.9 Å². The Labute approximate surface area is 113 Å². The van der Waals surface area contributed by atoms with E-state index < -0.39 is 4.92 Å². The normalized spacial score (nSPS) is 19.5. The van der Waals surface area contributed by atoms with E-state index >= 15 is 0 Å². The van der Waals surface area contributed by atoms with E-state index in [2.05, 4.69) is 26.2 Å². The highest BCUT2D eigenvalue weighted by Crippen LogP contribution is 2.26. The van der Waals surface area contributed by atoms with Gasteiger partial charge in [-0.3, -0.25) is 10.1 Å². The molecule has 1 aromatic heterocycles. The van der Waals surface area contributed by atoms with Gasteiger partial charge in [0.15, 0.2) is 0 Å². The van der Waals surface area contributed by atoms with Crippen molar-refractivity contribution in [2.24, 2.45) is 0 Å². The molecule has 0 aromatic carbocycles. The lowest BCUT2D eigenvalue weighted by Crippen LogP contribution is -2.38. The summed E-state index contributed by atoms with van der Waals surface area (Å²) in [6.45, 7) is 1.55. The first kappa shape index (κ1) is 13.2. The second-order valence-electron chi connectivity index (χ2n) is 4.20. The van der Waals surface area contributed by atoms with Gasteiger partial charge in [0.05, 0.1) is 9.40 Å². The molecule has 18 heavy (non-hydrogen) atoms. The zero-order valence-corrected chi connectivity index (χ0v) is 11.4. The monoisotopic (exact) mass is 315 g/mol. The minimum absolute atomic E-state index is 0.0509. The van der Waals surface area contributed by atoms with Gasteiger partial charge < -0.3 is 10.1 Å². The number of piperidine rings is 1. The van der Waals surface area contributed by atoms with Gasteiger partial charge in [-0.2, -0.15) is 0 Å². The first-order chi connectivity index (χ1) is 8.66. The maximum atomic E-state index is 10.6. The standard InChI is InChI=1S/C11H14BrN3O3/c12-10-5-9(15(16)17)6-14-11(10)18-7-8-3-1-2-4-13-8/h5-6,8,13H,1-4,7H2. The highest BCUT2D eigenvalue weighted by molar-refractivity contribution is 9.10. The smallest absolute Gasteiger partial charge is 0.288 e. The molecule has 1 N–H and O–H groups in total.